The summed E-state index contributed by atoms with van der Waals surface area (Å²) in [6.07, 6.45) is 0.980. The third-order valence-electron chi connectivity index (χ3n) is 2.62. The summed E-state index contributed by atoms with van der Waals surface area (Å²) in [4.78, 5) is 4.36. The zero-order valence-corrected chi connectivity index (χ0v) is 11.2. The number of thiazole rings is 1. The van der Waals surface area contributed by atoms with E-state index in [-0.39, 0.29) is 5.82 Å². The highest BCUT2D eigenvalue weighted by atomic mass is 32.1. The van der Waals surface area contributed by atoms with Gasteiger partial charge in [-0.3, -0.25) is 0 Å². The number of thiophene rings is 1. The highest BCUT2D eigenvalue weighted by Gasteiger charge is 2.04. The Hall–Kier alpha value is -1.46. The molecule has 0 aliphatic carbocycles. The molecule has 3 rings (SSSR count). The zero-order chi connectivity index (χ0) is 12.4. The van der Waals surface area contributed by atoms with Crippen molar-refractivity contribution in [3.8, 4) is 0 Å². The minimum absolute atomic E-state index is 0.238. The van der Waals surface area contributed by atoms with E-state index in [1.807, 2.05) is 0 Å². The van der Waals surface area contributed by atoms with Crippen molar-refractivity contribution in [3.05, 3.63) is 46.4 Å². The lowest BCUT2D eigenvalue weighted by Crippen LogP contribution is -2.03. The Morgan fingerprint density at radius 3 is 3.06 bits per heavy atom. The summed E-state index contributed by atoms with van der Waals surface area (Å²) in [5.74, 6) is -0.238. The van der Waals surface area contributed by atoms with Crippen LogP contribution in [0.2, 0.25) is 0 Å². The summed E-state index contributed by atoms with van der Waals surface area (Å²) in [5.41, 5.74) is 2.05. The lowest BCUT2D eigenvalue weighted by atomic mass is 10.2. The Morgan fingerprint density at radius 2 is 2.22 bits per heavy atom. The molecule has 18 heavy (non-hydrogen) atoms. The number of anilines is 1. The lowest BCUT2D eigenvalue weighted by molar-refractivity contribution is 0.629. The van der Waals surface area contributed by atoms with Crippen molar-refractivity contribution in [2.45, 2.75) is 6.42 Å². The van der Waals surface area contributed by atoms with Crippen LogP contribution in [0.15, 0.2) is 35.0 Å². The van der Waals surface area contributed by atoms with E-state index in [2.05, 4.69) is 27.1 Å². The number of hydrogen-bond donors (Lipinski definition) is 1. The number of rotatable bonds is 4. The topological polar surface area (TPSA) is 24.9 Å². The molecular weight excluding hydrogens is 267 g/mol. The van der Waals surface area contributed by atoms with Crippen LogP contribution in [0.3, 0.4) is 0 Å². The molecule has 1 N–H and O–H groups in total. The van der Waals surface area contributed by atoms with Crippen LogP contribution in [0.4, 0.5) is 9.52 Å². The summed E-state index contributed by atoms with van der Waals surface area (Å²) in [5, 5.41) is 8.36. The van der Waals surface area contributed by atoms with Crippen LogP contribution < -0.4 is 5.32 Å². The molecule has 0 radical (unpaired) electrons. The van der Waals surface area contributed by atoms with Crippen LogP contribution in [-0.2, 0) is 6.42 Å². The van der Waals surface area contributed by atoms with Crippen molar-refractivity contribution in [2.75, 3.05) is 11.9 Å². The van der Waals surface area contributed by atoms with Gasteiger partial charge in [0.1, 0.15) is 5.82 Å². The molecule has 2 aromatic heterocycles. The quantitative estimate of drug-likeness (QED) is 0.775. The molecule has 0 spiro atoms. The number of benzene rings is 1. The van der Waals surface area contributed by atoms with E-state index in [1.54, 1.807) is 28.7 Å². The van der Waals surface area contributed by atoms with Crippen molar-refractivity contribution >= 4 is 38.0 Å². The largest absolute Gasteiger partial charge is 0.361 e. The molecule has 0 unspecified atom stereocenters. The number of nitrogens with one attached hydrogen (secondary N) is 1. The third kappa shape index (κ3) is 2.52. The van der Waals surface area contributed by atoms with Gasteiger partial charge in [-0.2, -0.15) is 11.3 Å². The van der Waals surface area contributed by atoms with E-state index < -0.39 is 0 Å². The predicted molar refractivity (Wildman–Crippen MR) is 76.1 cm³/mol. The first-order valence-corrected chi connectivity index (χ1v) is 7.38. The average molecular weight is 278 g/mol. The highest BCUT2D eigenvalue weighted by Crippen LogP contribution is 2.26. The Labute approximate surface area is 112 Å². The van der Waals surface area contributed by atoms with Crippen LogP contribution in [0.5, 0.6) is 0 Å². The fourth-order valence-corrected chi connectivity index (χ4v) is 3.30. The molecule has 5 heteroatoms. The second-order valence-corrected chi connectivity index (χ2v) is 5.75. The smallest absolute Gasteiger partial charge is 0.183 e. The van der Waals surface area contributed by atoms with Crippen molar-refractivity contribution in [2.24, 2.45) is 0 Å². The lowest BCUT2D eigenvalue weighted by Gasteiger charge is -1.99. The van der Waals surface area contributed by atoms with Gasteiger partial charge in [-0.1, -0.05) is 11.3 Å². The van der Waals surface area contributed by atoms with Gasteiger partial charge >= 0.3 is 0 Å². The molecule has 0 aliphatic rings. The van der Waals surface area contributed by atoms with Gasteiger partial charge < -0.3 is 5.32 Å². The fraction of sp³-hybridized carbons (Fsp3) is 0.154. The molecule has 3 aromatic rings. The normalized spacial score (nSPS) is 10.9. The van der Waals surface area contributed by atoms with Crippen LogP contribution in [-0.4, -0.2) is 11.5 Å². The molecule has 0 fully saturated rings. The third-order valence-corrected chi connectivity index (χ3v) is 4.35. The standard InChI is InChI=1S/C13H11FN2S2/c14-10-1-2-12-11(7-10)16-13(18-12)15-5-3-9-4-6-17-8-9/h1-2,4,6-8H,3,5H2,(H,15,16). The van der Waals surface area contributed by atoms with E-state index in [0.29, 0.717) is 0 Å². The number of fused-ring (bicyclic) bond motifs is 1. The van der Waals surface area contributed by atoms with E-state index in [4.69, 9.17) is 0 Å². The fourth-order valence-electron chi connectivity index (χ4n) is 1.72. The molecule has 0 amide bonds. The summed E-state index contributed by atoms with van der Waals surface area (Å²) in [7, 11) is 0. The van der Waals surface area contributed by atoms with Gasteiger partial charge in [0.25, 0.3) is 0 Å². The van der Waals surface area contributed by atoms with Crippen molar-refractivity contribution in [3.63, 3.8) is 0 Å². The first-order chi connectivity index (χ1) is 8.81. The van der Waals surface area contributed by atoms with Gasteiger partial charge in [0.2, 0.25) is 0 Å². The minimum Gasteiger partial charge on any atom is -0.361 e. The van der Waals surface area contributed by atoms with Crippen molar-refractivity contribution in [1.82, 2.24) is 4.98 Å². The molecule has 0 aliphatic heterocycles. The maximum Gasteiger partial charge on any atom is 0.183 e. The van der Waals surface area contributed by atoms with E-state index in [9.17, 15) is 4.39 Å². The summed E-state index contributed by atoms with van der Waals surface area (Å²) in [6.45, 7) is 0.846. The Balaban J connectivity index is 1.67. The second kappa shape index (κ2) is 5.04. The highest BCUT2D eigenvalue weighted by molar-refractivity contribution is 7.22. The van der Waals surface area contributed by atoms with Crippen LogP contribution >= 0.6 is 22.7 Å². The van der Waals surface area contributed by atoms with Crippen LogP contribution in [0.1, 0.15) is 5.56 Å². The van der Waals surface area contributed by atoms with Gasteiger partial charge in [0, 0.05) is 12.6 Å². The van der Waals surface area contributed by atoms with Gasteiger partial charge in [0.15, 0.2) is 5.13 Å². The molecular formula is C13H11FN2S2. The Morgan fingerprint density at radius 1 is 1.28 bits per heavy atom. The monoisotopic (exact) mass is 278 g/mol. The molecule has 92 valence electrons. The summed E-state index contributed by atoms with van der Waals surface area (Å²) >= 11 is 3.27. The van der Waals surface area contributed by atoms with Gasteiger partial charge in [-0.05, 0) is 40.9 Å². The van der Waals surface area contributed by atoms with Gasteiger partial charge in [-0.25, -0.2) is 9.37 Å². The maximum absolute atomic E-state index is 13.0. The maximum atomic E-state index is 13.0. The molecule has 0 saturated heterocycles. The minimum atomic E-state index is -0.238. The first kappa shape index (κ1) is 11.6. The van der Waals surface area contributed by atoms with Crippen LogP contribution in [0.25, 0.3) is 10.2 Å². The van der Waals surface area contributed by atoms with Crippen molar-refractivity contribution < 1.29 is 4.39 Å². The molecule has 0 bridgehead atoms. The van der Waals surface area contributed by atoms with Crippen LogP contribution in [0, 0.1) is 5.82 Å². The summed E-state index contributed by atoms with van der Waals surface area (Å²) < 4.78 is 14.0. The molecule has 0 saturated carbocycles. The predicted octanol–water partition coefficient (Wildman–Crippen LogP) is 4.15. The Bertz CT molecular complexity index is 646. The molecule has 2 heterocycles. The number of nitrogens with zero attached hydrogens (tertiary/aromatic N) is 1. The summed E-state index contributed by atoms with van der Waals surface area (Å²) in [6, 6.07) is 6.83. The molecule has 1 aromatic carbocycles. The Kier molecular flexibility index (Phi) is 3.25. The van der Waals surface area contributed by atoms with Gasteiger partial charge in [0.05, 0.1) is 10.2 Å². The second-order valence-electron chi connectivity index (χ2n) is 3.94. The van der Waals surface area contributed by atoms with E-state index in [1.165, 1.54) is 17.7 Å². The molecule has 2 nitrogen and oxygen atoms in total. The van der Waals surface area contributed by atoms with Crippen molar-refractivity contribution in [1.29, 1.82) is 0 Å². The van der Waals surface area contributed by atoms with E-state index in [0.717, 1.165) is 28.3 Å². The average Bonchev–Trinajstić information content (AvgIpc) is 2.97. The SMILES string of the molecule is Fc1ccc2sc(NCCc3ccsc3)nc2c1. The van der Waals surface area contributed by atoms with Gasteiger partial charge in [-0.15, -0.1) is 0 Å². The number of halogens is 1. The first-order valence-electron chi connectivity index (χ1n) is 5.62. The number of hydrogen-bond acceptors (Lipinski definition) is 4. The number of aromatic nitrogens is 1. The molecule has 0 atom stereocenters. The zero-order valence-electron chi connectivity index (χ0n) is 9.52. The van der Waals surface area contributed by atoms with E-state index >= 15 is 0 Å².